The van der Waals surface area contributed by atoms with Gasteiger partial charge in [-0.25, -0.2) is 8.42 Å². The van der Waals surface area contributed by atoms with Crippen LogP contribution in [0.5, 0.6) is 0 Å². The molecule has 1 aromatic rings. The van der Waals surface area contributed by atoms with Crippen LogP contribution in [0, 0.1) is 0 Å². The molecule has 1 aliphatic rings. The average molecular weight is 392 g/mol. The predicted octanol–water partition coefficient (Wildman–Crippen LogP) is 1.46. The van der Waals surface area contributed by atoms with E-state index >= 15 is 0 Å². The molecule has 0 spiro atoms. The van der Waals surface area contributed by atoms with E-state index in [-0.39, 0.29) is 29.3 Å². The van der Waals surface area contributed by atoms with Gasteiger partial charge in [0.1, 0.15) is 0 Å². The normalized spacial score (nSPS) is 16.7. The molecule has 1 saturated heterocycles. The molecular formula is C16H26ClN3O4S. The van der Waals surface area contributed by atoms with Crippen molar-refractivity contribution in [2.24, 2.45) is 0 Å². The van der Waals surface area contributed by atoms with Gasteiger partial charge in [-0.3, -0.25) is 4.79 Å². The molecule has 25 heavy (non-hydrogen) atoms. The number of sulfonamides is 1. The lowest BCUT2D eigenvalue weighted by Crippen LogP contribution is -2.40. The molecule has 142 valence electrons. The zero-order valence-corrected chi connectivity index (χ0v) is 16.2. The van der Waals surface area contributed by atoms with E-state index in [0.29, 0.717) is 32.0 Å². The van der Waals surface area contributed by atoms with Crippen molar-refractivity contribution in [3.05, 3.63) is 24.3 Å². The average Bonchev–Trinajstić information content (AvgIpc) is 2.60. The number of nitrogens with one attached hydrogen (secondary N) is 2. The molecule has 1 fully saturated rings. The molecule has 0 radical (unpaired) electrons. The summed E-state index contributed by atoms with van der Waals surface area (Å²) in [6.07, 6.45) is 0.935. The van der Waals surface area contributed by atoms with Gasteiger partial charge in [-0.05, 0) is 38.1 Å². The van der Waals surface area contributed by atoms with E-state index in [2.05, 4.69) is 10.6 Å². The number of ether oxygens (including phenoxy) is 1. The second kappa shape index (κ2) is 10.1. The molecule has 1 aliphatic heterocycles. The number of hydrogen-bond donors (Lipinski definition) is 2. The van der Waals surface area contributed by atoms with Gasteiger partial charge >= 0.3 is 0 Å². The van der Waals surface area contributed by atoms with E-state index in [1.807, 2.05) is 6.92 Å². The molecule has 0 aromatic heterocycles. The molecule has 9 heteroatoms. The minimum Gasteiger partial charge on any atom is -0.379 e. The summed E-state index contributed by atoms with van der Waals surface area (Å²) in [5, 5.41) is 5.85. The van der Waals surface area contributed by atoms with Gasteiger partial charge < -0.3 is 15.4 Å². The van der Waals surface area contributed by atoms with Gasteiger partial charge in [0.15, 0.2) is 0 Å². The summed E-state index contributed by atoms with van der Waals surface area (Å²) in [7, 11) is -3.57. The van der Waals surface area contributed by atoms with Gasteiger partial charge in [0.05, 0.1) is 24.2 Å². The van der Waals surface area contributed by atoms with E-state index in [9.17, 15) is 13.2 Å². The maximum Gasteiger partial charge on any atom is 0.243 e. The smallest absolute Gasteiger partial charge is 0.243 e. The van der Waals surface area contributed by atoms with Crippen LogP contribution in [-0.4, -0.2) is 57.5 Å². The molecule has 0 aliphatic carbocycles. The van der Waals surface area contributed by atoms with Crippen LogP contribution in [0.15, 0.2) is 29.2 Å². The molecule has 0 bridgehead atoms. The van der Waals surface area contributed by atoms with Crippen LogP contribution in [0.3, 0.4) is 0 Å². The highest BCUT2D eigenvalue weighted by atomic mass is 35.5. The van der Waals surface area contributed by atoms with E-state index in [1.54, 1.807) is 25.1 Å². The Kier molecular flexibility index (Phi) is 8.81. The number of hydrogen-bond acceptors (Lipinski definition) is 5. The number of carbonyl (C=O) groups is 1. The molecule has 1 heterocycles. The van der Waals surface area contributed by atoms with Crippen LogP contribution >= 0.6 is 12.4 Å². The third kappa shape index (κ3) is 5.93. The molecule has 0 saturated carbocycles. The lowest BCUT2D eigenvalue weighted by Gasteiger charge is -2.26. The molecule has 1 amide bonds. The van der Waals surface area contributed by atoms with Crippen molar-refractivity contribution >= 4 is 34.0 Å². The molecular weight excluding hydrogens is 366 g/mol. The first kappa shape index (κ1) is 21.9. The summed E-state index contributed by atoms with van der Waals surface area (Å²) >= 11 is 0. The minimum atomic E-state index is -3.57. The lowest BCUT2D eigenvalue weighted by molar-refractivity contribution is -0.117. The van der Waals surface area contributed by atoms with Crippen molar-refractivity contribution in [1.29, 1.82) is 0 Å². The highest BCUT2D eigenvalue weighted by Gasteiger charge is 2.26. The summed E-state index contributed by atoms with van der Waals surface area (Å²) in [6, 6.07) is 6.01. The Morgan fingerprint density at radius 1 is 1.32 bits per heavy atom. The number of halogens is 1. The molecule has 2 N–H and O–H groups in total. The van der Waals surface area contributed by atoms with Crippen molar-refractivity contribution in [3.63, 3.8) is 0 Å². The largest absolute Gasteiger partial charge is 0.379 e. The Balaban J connectivity index is 0.00000312. The Labute approximate surface area is 155 Å². The molecule has 1 aromatic carbocycles. The number of rotatable bonds is 7. The Morgan fingerprint density at radius 2 is 2.00 bits per heavy atom. The van der Waals surface area contributed by atoms with Gasteiger partial charge in [-0.1, -0.05) is 13.0 Å². The van der Waals surface area contributed by atoms with Crippen LogP contribution < -0.4 is 10.6 Å². The summed E-state index contributed by atoms with van der Waals surface area (Å²) in [5.74, 6) is -0.190. The first-order valence-corrected chi connectivity index (χ1v) is 9.61. The zero-order chi connectivity index (χ0) is 17.6. The SMILES string of the molecule is CCCNC(C)C(=O)Nc1cccc(S(=O)(=O)N2CCOCC2)c1.Cl. The first-order valence-electron chi connectivity index (χ1n) is 8.17. The van der Waals surface area contributed by atoms with Crippen LogP contribution in [-0.2, 0) is 19.6 Å². The van der Waals surface area contributed by atoms with Gasteiger partial charge in [0.25, 0.3) is 0 Å². The maximum atomic E-state index is 12.6. The molecule has 1 unspecified atom stereocenters. The number of anilines is 1. The Morgan fingerprint density at radius 3 is 2.64 bits per heavy atom. The minimum absolute atomic E-state index is 0. The quantitative estimate of drug-likeness (QED) is 0.734. The Hall–Kier alpha value is -1.19. The van der Waals surface area contributed by atoms with E-state index in [1.165, 1.54) is 10.4 Å². The maximum absolute atomic E-state index is 12.6. The number of benzene rings is 1. The number of carbonyl (C=O) groups excluding carboxylic acids is 1. The van der Waals surface area contributed by atoms with E-state index in [4.69, 9.17) is 4.74 Å². The fourth-order valence-electron chi connectivity index (χ4n) is 2.37. The fraction of sp³-hybridized carbons (Fsp3) is 0.562. The summed E-state index contributed by atoms with van der Waals surface area (Å²) in [5.41, 5.74) is 0.472. The number of amides is 1. The summed E-state index contributed by atoms with van der Waals surface area (Å²) in [4.78, 5) is 12.3. The zero-order valence-electron chi connectivity index (χ0n) is 14.5. The molecule has 2 rings (SSSR count). The van der Waals surface area contributed by atoms with E-state index in [0.717, 1.165) is 13.0 Å². The first-order chi connectivity index (χ1) is 11.4. The summed E-state index contributed by atoms with van der Waals surface area (Å²) in [6.45, 7) is 6.04. The van der Waals surface area contributed by atoms with Crippen molar-refractivity contribution in [2.75, 3.05) is 38.2 Å². The van der Waals surface area contributed by atoms with Crippen LogP contribution in [0.25, 0.3) is 0 Å². The second-order valence-electron chi connectivity index (χ2n) is 5.71. The van der Waals surface area contributed by atoms with Crippen LogP contribution in [0.2, 0.25) is 0 Å². The van der Waals surface area contributed by atoms with Gasteiger partial charge in [-0.2, -0.15) is 4.31 Å². The van der Waals surface area contributed by atoms with Crippen LogP contribution in [0.4, 0.5) is 5.69 Å². The monoisotopic (exact) mass is 391 g/mol. The third-order valence-corrected chi connectivity index (χ3v) is 5.70. The van der Waals surface area contributed by atoms with Crippen molar-refractivity contribution < 1.29 is 17.9 Å². The van der Waals surface area contributed by atoms with Gasteiger partial charge in [0, 0.05) is 18.8 Å². The molecule has 7 nitrogen and oxygen atoms in total. The molecule has 1 atom stereocenters. The lowest BCUT2D eigenvalue weighted by atomic mass is 10.2. The number of morpholine rings is 1. The van der Waals surface area contributed by atoms with Crippen molar-refractivity contribution in [2.45, 2.75) is 31.2 Å². The topological polar surface area (TPSA) is 87.7 Å². The van der Waals surface area contributed by atoms with Crippen LogP contribution in [0.1, 0.15) is 20.3 Å². The van der Waals surface area contributed by atoms with E-state index < -0.39 is 10.0 Å². The Bertz CT molecular complexity index is 663. The highest BCUT2D eigenvalue weighted by Crippen LogP contribution is 2.20. The van der Waals surface area contributed by atoms with Crippen molar-refractivity contribution in [1.82, 2.24) is 9.62 Å². The number of nitrogens with zero attached hydrogens (tertiary/aromatic N) is 1. The van der Waals surface area contributed by atoms with Gasteiger partial charge in [0.2, 0.25) is 15.9 Å². The predicted molar refractivity (Wildman–Crippen MR) is 99.7 cm³/mol. The fourth-order valence-corrected chi connectivity index (χ4v) is 3.83. The standard InChI is InChI=1S/C16H25N3O4S.ClH/c1-3-7-17-13(2)16(20)18-14-5-4-6-15(12-14)24(21,22)19-8-10-23-11-9-19;/h4-6,12-13,17H,3,7-11H2,1-2H3,(H,18,20);1H. The highest BCUT2D eigenvalue weighted by molar-refractivity contribution is 7.89. The van der Waals surface area contributed by atoms with Crippen molar-refractivity contribution in [3.8, 4) is 0 Å². The third-order valence-electron chi connectivity index (χ3n) is 3.80. The summed E-state index contributed by atoms with van der Waals surface area (Å²) < 4.78 is 31.9. The second-order valence-corrected chi connectivity index (χ2v) is 7.65. The van der Waals surface area contributed by atoms with Gasteiger partial charge in [-0.15, -0.1) is 12.4 Å².